The molecule has 2 heterocycles. The molecule has 0 unspecified atom stereocenters. The number of rotatable bonds is 7. The van der Waals surface area contributed by atoms with Gasteiger partial charge in [-0.15, -0.1) is 0 Å². The van der Waals surface area contributed by atoms with Gasteiger partial charge in [0.25, 0.3) is 0 Å². The predicted molar refractivity (Wildman–Crippen MR) is 116 cm³/mol. The third-order valence-electron chi connectivity index (χ3n) is 5.43. The van der Waals surface area contributed by atoms with Gasteiger partial charge in [0.2, 0.25) is 10.0 Å². The molecule has 1 aromatic carbocycles. The van der Waals surface area contributed by atoms with Gasteiger partial charge in [-0.2, -0.15) is 4.31 Å². The molecular weight excluding hydrogens is 426 g/mol. The standard InChI is InChI=1S/C21H26ClN3O4S/c1-4-16-20(15(3)26)14(2)23-21(16)18(27)13-24-9-11-25(12-10-24)30(28,29)19-8-6-5-7-17(19)22/h5-8,23H,4,9-13H2,1-3H3. The number of nitrogens with one attached hydrogen (secondary N) is 1. The summed E-state index contributed by atoms with van der Waals surface area (Å²) in [5.41, 5.74) is 2.53. The lowest BCUT2D eigenvalue weighted by atomic mass is 10.0. The Bertz CT molecular complexity index is 1070. The first-order chi connectivity index (χ1) is 14.2. The highest BCUT2D eigenvalue weighted by atomic mass is 35.5. The normalized spacial score (nSPS) is 16.0. The van der Waals surface area contributed by atoms with Crippen LogP contribution in [0.2, 0.25) is 5.02 Å². The lowest BCUT2D eigenvalue weighted by molar-refractivity contribution is 0.0896. The minimum absolute atomic E-state index is 0.0574. The monoisotopic (exact) mass is 451 g/mol. The fraction of sp³-hybridized carbons (Fsp3) is 0.429. The smallest absolute Gasteiger partial charge is 0.244 e. The number of aromatic nitrogens is 1. The minimum Gasteiger partial charge on any atom is -0.355 e. The number of hydrogen-bond donors (Lipinski definition) is 1. The summed E-state index contributed by atoms with van der Waals surface area (Å²) in [7, 11) is -3.67. The van der Waals surface area contributed by atoms with Crippen molar-refractivity contribution in [1.82, 2.24) is 14.2 Å². The van der Waals surface area contributed by atoms with Gasteiger partial charge in [0, 0.05) is 37.4 Å². The third-order valence-corrected chi connectivity index (χ3v) is 7.83. The van der Waals surface area contributed by atoms with Crippen molar-refractivity contribution in [3.05, 3.63) is 51.8 Å². The van der Waals surface area contributed by atoms with Crippen molar-refractivity contribution in [2.75, 3.05) is 32.7 Å². The summed E-state index contributed by atoms with van der Waals surface area (Å²) in [6, 6.07) is 6.39. The molecule has 1 fully saturated rings. The van der Waals surface area contributed by atoms with Gasteiger partial charge in [0.15, 0.2) is 11.6 Å². The molecule has 162 valence electrons. The molecule has 1 aliphatic rings. The summed E-state index contributed by atoms with van der Waals surface area (Å²) >= 11 is 6.07. The summed E-state index contributed by atoms with van der Waals surface area (Å²) in [6.45, 7) is 6.84. The van der Waals surface area contributed by atoms with Crippen LogP contribution < -0.4 is 0 Å². The second kappa shape index (κ2) is 9.01. The molecule has 1 aromatic heterocycles. The van der Waals surface area contributed by atoms with Gasteiger partial charge < -0.3 is 4.98 Å². The van der Waals surface area contributed by atoms with E-state index in [1.807, 2.05) is 11.8 Å². The van der Waals surface area contributed by atoms with Crippen molar-refractivity contribution >= 4 is 33.2 Å². The number of carbonyl (C=O) groups excluding carboxylic acids is 2. The molecule has 0 saturated carbocycles. The van der Waals surface area contributed by atoms with Crippen LogP contribution in [0.1, 0.15) is 46.0 Å². The molecule has 1 saturated heterocycles. The Morgan fingerprint density at radius 2 is 1.77 bits per heavy atom. The first kappa shape index (κ1) is 22.7. The van der Waals surface area contributed by atoms with Crippen LogP contribution in [0.3, 0.4) is 0 Å². The van der Waals surface area contributed by atoms with E-state index in [-0.39, 0.29) is 41.1 Å². The summed E-state index contributed by atoms with van der Waals surface area (Å²) in [4.78, 5) is 29.9. The molecule has 0 amide bonds. The van der Waals surface area contributed by atoms with Gasteiger partial charge in [-0.3, -0.25) is 14.5 Å². The molecule has 0 radical (unpaired) electrons. The zero-order valence-corrected chi connectivity index (χ0v) is 18.9. The molecule has 30 heavy (non-hydrogen) atoms. The molecule has 3 rings (SSSR count). The zero-order valence-electron chi connectivity index (χ0n) is 17.4. The van der Waals surface area contributed by atoms with Crippen molar-refractivity contribution in [3.8, 4) is 0 Å². The summed E-state index contributed by atoms with van der Waals surface area (Å²) in [5, 5.41) is 0.200. The minimum atomic E-state index is -3.67. The van der Waals surface area contributed by atoms with Gasteiger partial charge in [-0.25, -0.2) is 8.42 Å². The molecule has 7 nitrogen and oxygen atoms in total. The maximum Gasteiger partial charge on any atom is 0.244 e. The van der Waals surface area contributed by atoms with E-state index in [1.165, 1.54) is 17.3 Å². The number of nitrogens with zero attached hydrogens (tertiary/aromatic N) is 2. The number of ketones is 2. The number of hydrogen-bond acceptors (Lipinski definition) is 5. The second-order valence-corrected chi connectivity index (χ2v) is 9.74. The molecule has 0 atom stereocenters. The van der Waals surface area contributed by atoms with E-state index in [0.717, 1.165) is 5.56 Å². The zero-order chi connectivity index (χ0) is 22.1. The van der Waals surface area contributed by atoms with E-state index in [0.29, 0.717) is 36.5 Å². The van der Waals surface area contributed by atoms with Crippen LogP contribution in [-0.2, 0) is 16.4 Å². The van der Waals surface area contributed by atoms with Gasteiger partial charge in [0.1, 0.15) is 4.90 Å². The lowest BCUT2D eigenvalue weighted by Crippen LogP contribution is -2.49. The lowest BCUT2D eigenvalue weighted by Gasteiger charge is -2.33. The Hall–Kier alpha value is -2.00. The molecule has 1 N–H and O–H groups in total. The van der Waals surface area contributed by atoms with E-state index in [2.05, 4.69) is 4.98 Å². The second-order valence-electron chi connectivity index (χ2n) is 7.42. The maximum atomic E-state index is 12.9. The molecule has 9 heteroatoms. The highest BCUT2D eigenvalue weighted by Crippen LogP contribution is 2.25. The average Bonchev–Trinajstić information content (AvgIpc) is 3.05. The highest BCUT2D eigenvalue weighted by molar-refractivity contribution is 7.89. The molecular formula is C21H26ClN3O4S. The maximum absolute atomic E-state index is 12.9. The number of H-pyrrole nitrogens is 1. The first-order valence-electron chi connectivity index (χ1n) is 9.89. The van der Waals surface area contributed by atoms with E-state index < -0.39 is 10.0 Å². The van der Waals surface area contributed by atoms with E-state index >= 15 is 0 Å². The fourth-order valence-electron chi connectivity index (χ4n) is 3.95. The van der Waals surface area contributed by atoms with E-state index in [9.17, 15) is 18.0 Å². The van der Waals surface area contributed by atoms with Crippen LogP contribution in [0, 0.1) is 6.92 Å². The molecule has 0 bridgehead atoms. The Morgan fingerprint density at radius 3 is 2.33 bits per heavy atom. The number of Topliss-reactive ketones (excluding diaryl/α,β-unsaturated/α-hetero) is 2. The van der Waals surface area contributed by atoms with Gasteiger partial charge in [-0.05, 0) is 38.0 Å². The number of carbonyl (C=O) groups is 2. The SMILES string of the molecule is CCc1c(C(=O)CN2CCN(S(=O)(=O)c3ccccc3Cl)CC2)[nH]c(C)c1C(C)=O. The number of sulfonamides is 1. The topological polar surface area (TPSA) is 90.6 Å². The Labute approximate surface area is 182 Å². The predicted octanol–water partition coefficient (Wildman–Crippen LogP) is 2.93. The van der Waals surface area contributed by atoms with Crippen molar-refractivity contribution in [2.45, 2.75) is 32.1 Å². The van der Waals surface area contributed by atoms with Crippen molar-refractivity contribution in [3.63, 3.8) is 0 Å². The number of piperazine rings is 1. The third kappa shape index (κ3) is 4.37. The largest absolute Gasteiger partial charge is 0.355 e. The van der Waals surface area contributed by atoms with Crippen LogP contribution in [0.25, 0.3) is 0 Å². The number of benzene rings is 1. The number of halogens is 1. The Kier molecular flexibility index (Phi) is 6.81. The fourth-order valence-corrected chi connectivity index (χ4v) is 5.86. The van der Waals surface area contributed by atoms with Crippen molar-refractivity contribution in [2.24, 2.45) is 0 Å². The summed E-state index contributed by atoms with van der Waals surface area (Å²) < 4.78 is 27.1. The molecule has 0 spiro atoms. The van der Waals surface area contributed by atoms with Gasteiger partial charge in [-0.1, -0.05) is 30.7 Å². The van der Waals surface area contributed by atoms with Crippen molar-refractivity contribution < 1.29 is 18.0 Å². The number of aryl methyl sites for hydroxylation is 1. The first-order valence-corrected chi connectivity index (χ1v) is 11.7. The molecule has 1 aliphatic heterocycles. The Morgan fingerprint density at radius 1 is 1.13 bits per heavy atom. The average molecular weight is 452 g/mol. The van der Waals surface area contributed by atoms with Gasteiger partial charge in [0.05, 0.1) is 17.3 Å². The summed E-state index contributed by atoms with van der Waals surface area (Å²) in [6.07, 6.45) is 0.587. The molecule has 0 aliphatic carbocycles. The number of aromatic amines is 1. The van der Waals surface area contributed by atoms with E-state index in [4.69, 9.17) is 11.6 Å². The van der Waals surface area contributed by atoms with Crippen LogP contribution in [0.15, 0.2) is 29.2 Å². The van der Waals surface area contributed by atoms with Crippen molar-refractivity contribution in [1.29, 1.82) is 0 Å². The van der Waals surface area contributed by atoms with E-state index in [1.54, 1.807) is 25.1 Å². The quantitative estimate of drug-likeness (QED) is 0.653. The summed E-state index contributed by atoms with van der Waals surface area (Å²) in [5.74, 6) is -0.150. The van der Waals surface area contributed by atoms with Crippen LogP contribution in [-0.4, -0.2) is 66.9 Å². The molecule has 2 aromatic rings. The highest BCUT2D eigenvalue weighted by Gasteiger charge is 2.31. The van der Waals surface area contributed by atoms with Gasteiger partial charge >= 0.3 is 0 Å². The van der Waals surface area contributed by atoms with Crippen LogP contribution >= 0.6 is 11.6 Å². The Balaban J connectivity index is 1.68. The van der Waals surface area contributed by atoms with Crippen LogP contribution in [0.4, 0.5) is 0 Å². The van der Waals surface area contributed by atoms with Crippen LogP contribution in [0.5, 0.6) is 0 Å².